The number of ether oxygens (including phenoxy) is 2. The summed E-state index contributed by atoms with van der Waals surface area (Å²) in [6.07, 6.45) is 0.0852. The number of esters is 1. The molecule has 0 bridgehead atoms. The van der Waals surface area contributed by atoms with Crippen molar-refractivity contribution in [3.8, 4) is 5.75 Å². The molecule has 0 aliphatic rings. The number of hydrogen-bond donors (Lipinski definition) is 1. The van der Waals surface area contributed by atoms with E-state index in [0.29, 0.717) is 5.75 Å². The molecular weight excluding hydrogens is 234 g/mol. The number of carbonyl (C=O) groups is 2. The van der Waals surface area contributed by atoms with Crippen LogP contribution in [0.25, 0.3) is 0 Å². The highest BCUT2D eigenvalue weighted by Crippen LogP contribution is 2.20. The molecule has 0 fully saturated rings. The van der Waals surface area contributed by atoms with Gasteiger partial charge in [-0.1, -0.05) is 17.7 Å². The maximum atomic E-state index is 11.6. The van der Waals surface area contributed by atoms with Crippen LogP contribution in [-0.2, 0) is 20.7 Å². The SMILES string of the molecule is CNC(=O)COC(=O)Cc1cc(C)ccc1OC. The van der Waals surface area contributed by atoms with E-state index < -0.39 is 5.97 Å². The minimum atomic E-state index is -0.456. The highest BCUT2D eigenvalue weighted by atomic mass is 16.5. The summed E-state index contributed by atoms with van der Waals surface area (Å²) in [6.45, 7) is 1.67. The molecule has 1 N–H and O–H groups in total. The first-order chi connectivity index (χ1) is 8.56. The topological polar surface area (TPSA) is 64.6 Å². The molecule has 18 heavy (non-hydrogen) atoms. The van der Waals surface area contributed by atoms with E-state index in [9.17, 15) is 9.59 Å². The molecule has 0 aromatic heterocycles. The summed E-state index contributed by atoms with van der Waals surface area (Å²) < 4.78 is 9.99. The molecule has 1 amide bonds. The van der Waals surface area contributed by atoms with Gasteiger partial charge in [-0.3, -0.25) is 9.59 Å². The van der Waals surface area contributed by atoms with E-state index in [1.165, 1.54) is 7.05 Å². The largest absolute Gasteiger partial charge is 0.496 e. The molecule has 0 atom stereocenters. The van der Waals surface area contributed by atoms with Crippen molar-refractivity contribution in [2.45, 2.75) is 13.3 Å². The van der Waals surface area contributed by atoms with Gasteiger partial charge >= 0.3 is 5.97 Å². The number of carbonyl (C=O) groups excluding carboxylic acids is 2. The monoisotopic (exact) mass is 251 g/mol. The van der Waals surface area contributed by atoms with Crippen LogP contribution in [0.5, 0.6) is 5.75 Å². The maximum absolute atomic E-state index is 11.6. The fraction of sp³-hybridized carbons (Fsp3) is 0.385. The third kappa shape index (κ3) is 4.08. The molecule has 0 aliphatic carbocycles. The number of hydrogen-bond acceptors (Lipinski definition) is 4. The van der Waals surface area contributed by atoms with Crippen molar-refractivity contribution < 1.29 is 19.1 Å². The van der Waals surface area contributed by atoms with E-state index in [0.717, 1.165) is 11.1 Å². The first-order valence-corrected chi connectivity index (χ1v) is 5.56. The molecule has 0 spiro atoms. The molecule has 1 rings (SSSR count). The van der Waals surface area contributed by atoms with E-state index in [4.69, 9.17) is 9.47 Å². The molecule has 0 aliphatic heterocycles. The summed E-state index contributed by atoms with van der Waals surface area (Å²) in [6, 6.07) is 5.56. The third-order valence-corrected chi connectivity index (χ3v) is 2.41. The Morgan fingerprint density at radius 1 is 1.33 bits per heavy atom. The van der Waals surface area contributed by atoms with Crippen LogP contribution < -0.4 is 10.1 Å². The molecule has 0 radical (unpaired) electrons. The number of likely N-dealkylation sites (N-methyl/N-ethyl adjacent to an activating group) is 1. The summed E-state index contributed by atoms with van der Waals surface area (Å²) in [5, 5.41) is 2.38. The molecule has 98 valence electrons. The molecular formula is C13H17NO4. The minimum absolute atomic E-state index is 0.0852. The third-order valence-electron chi connectivity index (χ3n) is 2.41. The van der Waals surface area contributed by atoms with E-state index >= 15 is 0 Å². The molecule has 0 saturated heterocycles. The van der Waals surface area contributed by atoms with Crippen molar-refractivity contribution in [2.75, 3.05) is 20.8 Å². The summed E-state index contributed by atoms with van der Waals surface area (Å²) in [5.74, 6) is -0.153. The normalized spacial score (nSPS) is 9.72. The number of benzene rings is 1. The Kier molecular flexibility index (Phi) is 5.17. The number of amides is 1. The zero-order valence-electron chi connectivity index (χ0n) is 10.8. The Bertz CT molecular complexity index is 443. The van der Waals surface area contributed by atoms with Gasteiger partial charge in [-0.05, 0) is 13.0 Å². The quantitative estimate of drug-likeness (QED) is 0.787. The van der Waals surface area contributed by atoms with Gasteiger partial charge in [0.05, 0.1) is 13.5 Å². The van der Waals surface area contributed by atoms with Gasteiger partial charge in [-0.25, -0.2) is 0 Å². The van der Waals surface area contributed by atoms with E-state index in [1.807, 2.05) is 19.1 Å². The Morgan fingerprint density at radius 3 is 2.67 bits per heavy atom. The second-order valence-electron chi connectivity index (χ2n) is 3.83. The van der Waals surface area contributed by atoms with Crippen LogP contribution >= 0.6 is 0 Å². The maximum Gasteiger partial charge on any atom is 0.310 e. The second-order valence-corrected chi connectivity index (χ2v) is 3.83. The fourth-order valence-electron chi connectivity index (χ4n) is 1.47. The van der Waals surface area contributed by atoms with E-state index in [-0.39, 0.29) is 18.9 Å². The first kappa shape index (κ1) is 14.0. The van der Waals surface area contributed by atoms with Crippen molar-refractivity contribution in [3.63, 3.8) is 0 Å². The molecule has 5 nitrogen and oxygen atoms in total. The van der Waals surface area contributed by atoms with Gasteiger partial charge in [-0.15, -0.1) is 0 Å². The van der Waals surface area contributed by atoms with Gasteiger partial charge in [0.15, 0.2) is 6.61 Å². The van der Waals surface area contributed by atoms with E-state index in [2.05, 4.69) is 5.32 Å². The lowest BCUT2D eigenvalue weighted by Crippen LogP contribution is -2.25. The van der Waals surface area contributed by atoms with Gasteiger partial charge in [-0.2, -0.15) is 0 Å². The van der Waals surface area contributed by atoms with E-state index in [1.54, 1.807) is 13.2 Å². The lowest BCUT2D eigenvalue weighted by Gasteiger charge is -2.09. The number of nitrogens with one attached hydrogen (secondary N) is 1. The molecule has 0 saturated carbocycles. The average molecular weight is 251 g/mol. The fourth-order valence-corrected chi connectivity index (χ4v) is 1.47. The van der Waals surface area contributed by atoms with Crippen molar-refractivity contribution in [1.82, 2.24) is 5.32 Å². The zero-order valence-corrected chi connectivity index (χ0v) is 10.8. The standard InChI is InChI=1S/C13H17NO4/c1-9-4-5-11(17-3)10(6-9)7-13(16)18-8-12(15)14-2/h4-6H,7-8H2,1-3H3,(H,14,15). The Hall–Kier alpha value is -2.04. The zero-order chi connectivity index (χ0) is 13.5. The Labute approximate surface area is 106 Å². The van der Waals surface area contributed by atoms with Crippen molar-refractivity contribution in [1.29, 1.82) is 0 Å². The van der Waals surface area contributed by atoms with Crippen molar-refractivity contribution >= 4 is 11.9 Å². The average Bonchev–Trinajstić information content (AvgIpc) is 2.36. The summed E-state index contributed by atoms with van der Waals surface area (Å²) >= 11 is 0. The number of rotatable bonds is 5. The van der Waals surface area contributed by atoms with Crippen LogP contribution in [-0.4, -0.2) is 32.6 Å². The highest BCUT2D eigenvalue weighted by Gasteiger charge is 2.11. The summed E-state index contributed by atoms with van der Waals surface area (Å²) in [4.78, 5) is 22.5. The predicted octanol–water partition coefficient (Wildman–Crippen LogP) is 0.835. The summed E-state index contributed by atoms with van der Waals surface area (Å²) in [5.41, 5.74) is 1.78. The van der Waals surface area contributed by atoms with Crippen LogP contribution in [0, 0.1) is 6.92 Å². The minimum Gasteiger partial charge on any atom is -0.496 e. The van der Waals surface area contributed by atoms with Crippen LogP contribution in [0.3, 0.4) is 0 Å². The van der Waals surface area contributed by atoms with Gasteiger partial charge in [0, 0.05) is 12.6 Å². The lowest BCUT2D eigenvalue weighted by atomic mass is 10.1. The first-order valence-electron chi connectivity index (χ1n) is 5.56. The summed E-state index contributed by atoms with van der Waals surface area (Å²) in [7, 11) is 3.03. The Balaban J connectivity index is 2.63. The van der Waals surface area contributed by atoms with Crippen LogP contribution in [0.2, 0.25) is 0 Å². The molecule has 0 heterocycles. The van der Waals surface area contributed by atoms with Crippen molar-refractivity contribution in [2.24, 2.45) is 0 Å². The smallest absolute Gasteiger partial charge is 0.310 e. The van der Waals surface area contributed by atoms with Gasteiger partial charge in [0.2, 0.25) is 0 Å². The molecule has 1 aromatic carbocycles. The van der Waals surface area contributed by atoms with Gasteiger partial charge in [0.1, 0.15) is 5.75 Å². The number of methoxy groups -OCH3 is 1. The van der Waals surface area contributed by atoms with Crippen molar-refractivity contribution in [3.05, 3.63) is 29.3 Å². The molecule has 5 heteroatoms. The number of aryl methyl sites for hydroxylation is 1. The molecule has 1 aromatic rings. The second kappa shape index (κ2) is 6.64. The van der Waals surface area contributed by atoms with Crippen LogP contribution in [0.15, 0.2) is 18.2 Å². The molecule has 0 unspecified atom stereocenters. The van der Waals surface area contributed by atoms with Crippen LogP contribution in [0.4, 0.5) is 0 Å². The van der Waals surface area contributed by atoms with Gasteiger partial charge in [0.25, 0.3) is 5.91 Å². The Morgan fingerprint density at radius 2 is 2.06 bits per heavy atom. The van der Waals surface area contributed by atoms with Crippen LogP contribution in [0.1, 0.15) is 11.1 Å². The lowest BCUT2D eigenvalue weighted by molar-refractivity contribution is -0.147. The highest BCUT2D eigenvalue weighted by molar-refractivity contribution is 5.81. The predicted molar refractivity (Wildman–Crippen MR) is 66.5 cm³/mol. The van der Waals surface area contributed by atoms with Gasteiger partial charge < -0.3 is 14.8 Å².